The van der Waals surface area contributed by atoms with E-state index in [0.29, 0.717) is 23.0 Å². The number of benzene rings is 1. The van der Waals surface area contributed by atoms with Gasteiger partial charge in [0.05, 0.1) is 0 Å². The second-order valence-electron chi connectivity index (χ2n) is 6.41. The van der Waals surface area contributed by atoms with Gasteiger partial charge < -0.3 is 10.6 Å². The minimum atomic E-state index is -0.560. The number of carbonyl (C=O) groups excluding carboxylic acids is 1. The summed E-state index contributed by atoms with van der Waals surface area (Å²) in [5.74, 6) is 0.0448. The first-order valence-electron chi connectivity index (χ1n) is 7.26. The van der Waals surface area contributed by atoms with Gasteiger partial charge in [-0.15, -0.1) is 0 Å². The maximum absolute atomic E-state index is 14.0. The molecule has 1 aliphatic heterocycles. The third-order valence-corrected chi connectivity index (χ3v) is 4.59. The van der Waals surface area contributed by atoms with Crippen molar-refractivity contribution in [3.8, 4) is 0 Å². The molecule has 116 valence electrons. The van der Waals surface area contributed by atoms with Gasteiger partial charge >= 0.3 is 0 Å². The molecule has 1 atom stereocenters. The SMILES string of the molecule is CC(C(=O)NCC(C)(C)c1c(F)cccc1Cl)C1CNC1. The van der Waals surface area contributed by atoms with Crippen molar-refractivity contribution in [2.75, 3.05) is 19.6 Å². The van der Waals surface area contributed by atoms with E-state index in [4.69, 9.17) is 11.6 Å². The van der Waals surface area contributed by atoms with Gasteiger partial charge in [0.25, 0.3) is 0 Å². The van der Waals surface area contributed by atoms with Crippen LogP contribution in [0.3, 0.4) is 0 Å². The van der Waals surface area contributed by atoms with Crippen LogP contribution in [0.5, 0.6) is 0 Å². The van der Waals surface area contributed by atoms with E-state index in [0.717, 1.165) is 13.1 Å². The molecule has 2 rings (SSSR count). The van der Waals surface area contributed by atoms with Crippen LogP contribution < -0.4 is 10.6 Å². The van der Waals surface area contributed by atoms with Crippen LogP contribution in [0.1, 0.15) is 26.3 Å². The molecular weight excluding hydrogens is 291 g/mol. The number of carbonyl (C=O) groups is 1. The van der Waals surface area contributed by atoms with Crippen molar-refractivity contribution in [3.05, 3.63) is 34.6 Å². The standard InChI is InChI=1S/C16H22ClFN2O/c1-10(11-7-19-8-11)15(21)20-9-16(2,3)14-12(17)5-4-6-13(14)18/h4-6,10-11,19H,7-9H2,1-3H3,(H,20,21). The number of hydrogen-bond donors (Lipinski definition) is 2. The zero-order valence-electron chi connectivity index (χ0n) is 12.7. The van der Waals surface area contributed by atoms with Crippen LogP contribution in [0.25, 0.3) is 0 Å². The predicted molar refractivity (Wildman–Crippen MR) is 83.0 cm³/mol. The van der Waals surface area contributed by atoms with Crippen molar-refractivity contribution in [3.63, 3.8) is 0 Å². The highest BCUT2D eigenvalue weighted by atomic mass is 35.5. The van der Waals surface area contributed by atoms with E-state index in [1.807, 2.05) is 20.8 Å². The quantitative estimate of drug-likeness (QED) is 0.878. The Hall–Kier alpha value is -1.13. The summed E-state index contributed by atoms with van der Waals surface area (Å²) in [6.07, 6.45) is 0. The Morgan fingerprint density at radius 1 is 1.52 bits per heavy atom. The summed E-state index contributed by atoms with van der Waals surface area (Å²) in [4.78, 5) is 12.2. The van der Waals surface area contributed by atoms with Crippen LogP contribution in [0.2, 0.25) is 5.02 Å². The normalized spacial score (nSPS) is 17.2. The Labute approximate surface area is 130 Å². The third kappa shape index (κ3) is 3.55. The van der Waals surface area contributed by atoms with Crippen molar-refractivity contribution in [2.45, 2.75) is 26.2 Å². The van der Waals surface area contributed by atoms with Gasteiger partial charge in [0, 0.05) is 28.5 Å². The van der Waals surface area contributed by atoms with E-state index in [1.54, 1.807) is 12.1 Å². The molecular formula is C16H22ClFN2O. The lowest BCUT2D eigenvalue weighted by atomic mass is 9.83. The zero-order valence-corrected chi connectivity index (χ0v) is 13.4. The van der Waals surface area contributed by atoms with Crippen LogP contribution in [-0.4, -0.2) is 25.5 Å². The fourth-order valence-corrected chi connectivity index (χ4v) is 3.00. The summed E-state index contributed by atoms with van der Waals surface area (Å²) in [5.41, 5.74) is -0.111. The molecule has 3 nitrogen and oxygen atoms in total. The Kier molecular flexibility index (Phi) is 4.89. The largest absolute Gasteiger partial charge is 0.355 e. The van der Waals surface area contributed by atoms with E-state index in [1.165, 1.54) is 6.07 Å². The molecule has 0 aromatic heterocycles. The summed E-state index contributed by atoms with van der Waals surface area (Å²) in [7, 11) is 0. The molecule has 1 amide bonds. The minimum Gasteiger partial charge on any atom is -0.355 e. The fourth-order valence-electron chi connectivity index (χ4n) is 2.58. The van der Waals surface area contributed by atoms with Gasteiger partial charge in [0.15, 0.2) is 0 Å². The molecule has 1 unspecified atom stereocenters. The molecule has 2 N–H and O–H groups in total. The highest BCUT2D eigenvalue weighted by Crippen LogP contribution is 2.31. The van der Waals surface area contributed by atoms with Gasteiger partial charge in [0.2, 0.25) is 5.91 Å². The average Bonchev–Trinajstić information content (AvgIpc) is 2.33. The van der Waals surface area contributed by atoms with Gasteiger partial charge in [-0.05, 0) is 31.1 Å². The molecule has 1 aromatic carbocycles. The van der Waals surface area contributed by atoms with Crippen molar-refractivity contribution >= 4 is 17.5 Å². The lowest BCUT2D eigenvalue weighted by molar-refractivity contribution is -0.126. The molecule has 0 saturated carbocycles. The second kappa shape index (κ2) is 6.32. The number of amides is 1. The second-order valence-corrected chi connectivity index (χ2v) is 6.81. The van der Waals surface area contributed by atoms with E-state index in [9.17, 15) is 9.18 Å². The third-order valence-electron chi connectivity index (χ3n) is 4.28. The van der Waals surface area contributed by atoms with Crippen LogP contribution in [-0.2, 0) is 10.2 Å². The minimum absolute atomic E-state index is 0.0158. The van der Waals surface area contributed by atoms with Gasteiger partial charge in [-0.25, -0.2) is 4.39 Å². The molecule has 1 aliphatic rings. The molecule has 1 fully saturated rings. The molecule has 1 heterocycles. The first-order chi connectivity index (χ1) is 9.83. The monoisotopic (exact) mass is 312 g/mol. The Balaban J connectivity index is 2.02. The Morgan fingerprint density at radius 2 is 2.19 bits per heavy atom. The van der Waals surface area contributed by atoms with Crippen molar-refractivity contribution in [1.29, 1.82) is 0 Å². The lowest BCUT2D eigenvalue weighted by Crippen LogP contribution is -2.50. The van der Waals surface area contributed by atoms with Gasteiger partial charge in [0.1, 0.15) is 5.82 Å². The highest BCUT2D eigenvalue weighted by Gasteiger charge is 2.31. The summed E-state index contributed by atoms with van der Waals surface area (Å²) >= 11 is 6.11. The van der Waals surface area contributed by atoms with Gasteiger partial charge in [-0.3, -0.25) is 4.79 Å². The Bertz CT molecular complexity index is 509. The van der Waals surface area contributed by atoms with Gasteiger partial charge in [-0.2, -0.15) is 0 Å². The van der Waals surface area contributed by atoms with Crippen LogP contribution in [0.15, 0.2) is 18.2 Å². The molecule has 1 saturated heterocycles. The predicted octanol–water partition coefficient (Wildman–Crippen LogP) is 2.73. The van der Waals surface area contributed by atoms with E-state index in [-0.39, 0.29) is 17.6 Å². The summed E-state index contributed by atoms with van der Waals surface area (Å²) in [6.45, 7) is 7.83. The summed E-state index contributed by atoms with van der Waals surface area (Å²) < 4.78 is 14.0. The maximum atomic E-state index is 14.0. The Morgan fingerprint density at radius 3 is 2.71 bits per heavy atom. The lowest BCUT2D eigenvalue weighted by Gasteiger charge is -2.33. The molecule has 0 bridgehead atoms. The van der Waals surface area contributed by atoms with Crippen molar-refractivity contribution < 1.29 is 9.18 Å². The van der Waals surface area contributed by atoms with Crippen molar-refractivity contribution in [1.82, 2.24) is 10.6 Å². The maximum Gasteiger partial charge on any atom is 0.223 e. The van der Waals surface area contributed by atoms with E-state index in [2.05, 4.69) is 10.6 Å². The van der Waals surface area contributed by atoms with Crippen LogP contribution in [0.4, 0.5) is 4.39 Å². The number of nitrogens with one attached hydrogen (secondary N) is 2. The van der Waals surface area contributed by atoms with Crippen LogP contribution >= 0.6 is 11.6 Å². The highest BCUT2D eigenvalue weighted by molar-refractivity contribution is 6.31. The molecule has 0 radical (unpaired) electrons. The molecule has 21 heavy (non-hydrogen) atoms. The number of rotatable bonds is 5. The number of halogens is 2. The van der Waals surface area contributed by atoms with Crippen molar-refractivity contribution in [2.24, 2.45) is 11.8 Å². The van der Waals surface area contributed by atoms with Gasteiger partial charge in [-0.1, -0.05) is 38.4 Å². The average molecular weight is 313 g/mol. The van der Waals surface area contributed by atoms with E-state index < -0.39 is 5.41 Å². The molecule has 5 heteroatoms. The summed E-state index contributed by atoms with van der Waals surface area (Å²) in [5, 5.41) is 6.49. The summed E-state index contributed by atoms with van der Waals surface area (Å²) in [6, 6.07) is 4.65. The van der Waals surface area contributed by atoms with E-state index >= 15 is 0 Å². The molecule has 1 aromatic rings. The number of hydrogen-bond acceptors (Lipinski definition) is 2. The smallest absolute Gasteiger partial charge is 0.223 e. The fraction of sp³-hybridized carbons (Fsp3) is 0.562. The van der Waals surface area contributed by atoms with Crippen LogP contribution in [0, 0.1) is 17.7 Å². The molecule has 0 aliphatic carbocycles. The molecule has 0 spiro atoms. The first kappa shape index (κ1) is 16.2. The zero-order chi connectivity index (χ0) is 15.6. The topological polar surface area (TPSA) is 41.1 Å². The first-order valence-corrected chi connectivity index (χ1v) is 7.63.